The smallest absolute Gasteiger partial charge is 0.124 e. The maximum Gasteiger partial charge on any atom is 0.124 e. The molecule has 18 heavy (non-hydrogen) atoms. The molecule has 1 aromatic carbocycles. The Morgan fingerprint density at radius 3 is 2.83 bits per heavy atom. The van der Waals surface area contributed by atoms with Gasteiger partial charge < -0.3 is 10.3 Å². The summed E-state index contributed by atoms with van der Waals surface area (Å²) < 4.78 is 15.2. The van der Waals surface area contributed by atoms with Gasteiger partial charge in [-0.3, -0.25) is 0 Å². The molecule has 0 spiro atoms. The van der Waals surface area contributed by atoms with Crippen molar-refractivity contribution >= 4 is 0 Å². The first-order chi connectivity index (χ1) is 8.58. The lowest BCUT2D eigenvalue weighted by atomic mass is 10.1. The number of aromatic nitrogens is 1. The molecule has 0 amide bonds. The molecule has 92 valence electrons. The molecule has 1 atom stereocenters. The molecule has 0 saturated heterocycles. The Bertz CT molecular complexity index is 593. The van der Waals surface area contributed by atoms with Crippen molar-refractivity contribution in [3.8, 4) is 6.07 Å². The summed E-state index contributed by atoms with van der Waals surface area (Å²) in [6.07, 6.45) is 3.83. The van der Waals surface area contributed by atoms with E-state index in [1.165, 1.54) is 12.1 Å². The molecular weight excluding hydrogens is 229 g/mol. The van der Waals surface area contributed by atoms with E-state index >= 15 is 0 Å². The Hall–Kier alpha value is -2.12. The summed E-state index contributed by atoms with van der Waals surface area (Å²) in [4.78, 5) is 0. The molecule has 0 radical (unpaired) electrons. The van der Waals surface area contributed by atoms with Crippen molar-refractivity contribution in [3.05, 3.63) is 59.2 Å². The lowest BCUT2D eigenvalue weighted by Gasteiger charge is -2.05. The normalized spacial score (nSPS) is 12.1. The van der Waals surface area contributed by atoms with Gasteiger partial charge in [-0.15, -0.1) is 0 Å². The van der Waals surface area contributed by atoms with Crippen LogP contribution in [0.2, 0.25) is 0 Å². The predicted octanol–water partition coefficient (Wildman–Crippen LogP) is 2.57. The highest BCUT2D eigenvalue weighted by Gasteiger charge is 2.04. The van der Waals surface area contributed by atoms with Gasteiger partial charge in [0.05, 0.1) is 11.6 Å². The molecule has 2 aromatic rings. The molecule has 1 unspecified atom stereocenters. The fraction of sp³-hybridized carbons (Fsp3) is 0.214. The second kappa shape index (κ2) is 5.03. The van der Waals surface area contributed by atoms with Crippen LogP contribution in [-0.4, -0.2) is 4.57 Å². The molecule has 2 N–H and O–H groups in total. The standard InChI is InChI=1S/C14H14FN3/c1-10(17)13-2-3-18(9-13)8-12-4-11(7-16)5-14(15)6-12/h2-6,9-10H,8,17H2,1H3. The molecule has 0 bridgehead atoms. The van der Waals surface area contributed by atoms with E-state index in [1.807, 2.05) is 36.0 Å². The first-order valence-corrected chi connectivity index (χ1v) is 5.69. The number of nitrogens with two attached hydrogens (primary N) is 1. The average molecular weight is 243 g/mol. The van der Waals surface area contributed by atoms with Crippen molar-refractivity contribution in [2.45, 2.75) is 19.5 Å². The SMILES string of the molecule is CC(N)c1ccn(Cc2cc(F)cc(C#N)c2)c1. The van der Waals surface area contributed by atoms with E-state index in [2.05, 4.69) is 0 Å². The monoisotopic (exact) mass is 243 g/mol. The summed E-state index contributed by atoms with van der Waals surface area (Å²) >= 11 is 0. The number of rotatable bonds is 3. The van der Waals surface area contributed by atoms with Crippen LogP contribution in [0.4, 0.5) is 4.39 Å². The fourth-order valence-corrected chi connectivity index (χ4v) is 1.84. The second-order valence-electron chi connectivity index (χ2n) is 4.37. The Morgan fingerprint density at radius 1 is 1.44 bits per heavy atom. The molecule has 2 rings (SSSR count). The van der Waals surface area contributed by atoms with Crippen LogP contribution in [0.25, 0.3) is 0 Å². The third-order valence-corrected chi connectivity index (χ3v) is 2.75. The summed E-state index contributed by atoms with van der Waals surface area (Å²) in [6, 6.07) is 8.22. The number of nitriles is 1. The second-order valence-corrected chi connectivity index (χ2v) is 4.37. The van der Waals surface area contributed by atoms with Crippen LogP contribution in [0, 0.1) is 17.1 Å². The minimum absolute atomic E-state index is 0.0200. The molecule has 4 heteroatoms. The highest BCUT2D eigenvalue weighted by atomic mass is 19.1. The van der Waals surface area contributed by atoms with Gasteiger partial charge in [0.25, 0.3) is 0 Å². The molecule has 0 aliphatic heterocycles. The minimum atomic E-state index is -0.386. The van der Waals surface area contributed by atoms with E-state index in [4.69, 9.17) is 11.0 Å². The van der Waals surface area contributed by atoms with Crippen molar-refractivity contribution in [1.29, 1.82) is 5.26 Å². The lowest BCUT2D eigenvalue weighted by Crippen LogP contribution is -2.04. The molecular formula is C14H14FN3. The zero-order valence-corrected chi connectivity index (χ0v) is 10.1. The van der Waals surface area contributed by atoms with Crippen LogP contribution in [0.5, 0.6) is 0 Å². The number of benzene rings is 1. The zero-order chi connectivity index (χ0) is 13.1. The fourth-order valence-electron chi connectivity index (χ4n) is 1.84. The van der Waals surface area contributed by atoms with Crippen molar-refractivity contribution in [3.63, 3.8) is 0 Å². The van der Waals surface area contributed by atoms with Crippen LogP contribution in [-0.2, 0) is 6.54 Å². The number of nitrogens with zero attached hydrogens (tertiary/aromatic N) is 2. The molecule has 0 aliphatic rings. The van der Waals surface area contributed by atoms with Crippen LogP contribution in [0.3, 0.4) is 0 Å². The topological polar surface area (TPSA) is 54.7 Å². The first kappa shape index (κ1) is 12.3. The van der Waals surface area contributed by atoms with Crippen LogP contribution in [0.1, 0.15) is 29.7 Å². The van der Waals surface area contributed by atoms with E-state index in [0.29, 0.717) is 12.1 Å². The van der Waals surface area contributed by atoms with E-state index in [0.717, 1.165) is 11.1 Å². The van der Waals surface area contributed by atoms with Gasteiger partial charge in [-0.05, 0) is 42.3 Å². The Labute approximate surface area is 105 Å². The zero-order valence-electron chi connectivity index (χ0n) is 10.1. The largest absolute Gasteiger partial charge is 0.350 e. The van der Waals surface area contributed by atoms with Crippen LogP contribution >= 0.6 is 0 Å². The van der Waals surface area contributed by atoms with Gasteiger partial charge in [0.1, 0.15) is 5.82 Å². The van der Waals surface area contributed by atoms with Gasteiger partial charge in [0, 0.05) is 25.0 Å². The van der Waals surface area contributed by atoms with Crippen molar-refractivity contribution in [1.82, 2.24) is 4.57 Å². The molecule has 1 heterocycles. The van der Waals surface area contributed by atoms with Gasteiger partial charge in [-0.25, -0.2) is 4.39 Å². The van der Waals surface area contributed by atoms with Crippen molar-refractivity contribution < 1.29 is 4.39 Å². The number of halogens is 1. The third-order valence-electron chi connectivity index (χ3n) is 2.75. The highest BCUT2D eigenvalue weighted by Crippen LogP contribution is 2.13. The Kier molecular flexibility index (Phi) is 3.45. The van der Waals surface area contributed by atoms with Gasteiger partial charge in [0.15, 0.2) is 0 Å². The summed E-state index contributed by atoms with van der Waals surface area (Å²) in [5.74, 6) is -0.386. The Balaban J connectivity index is 2.23. The van der Waals surface area contributed by atoms with Gasteiger partial charge in [-0.1, -0.05) is 0 Å². The van der Waals surface area contributed by atoms with Crippen LogP contribution in [0.15, 0.2) is 36.7 Å². The summed E-state index contributed by atoms with van der Waals surface area (Å²) in [5.41, 5.74) is 7.91. The number of hydrogen-bond acceptors (Lipinski definition) is 2. The first-order valence-electron chi connectivity index (χ1n) is 5.69. The Morgan fingerprint density at radius 2 is 2.22 bits per heavy atom. The molecule has 3 nitrogen and oxygen atoms in total. The van der Waals surface area contributed by atoms with Crippen LogP contribution < -0.4 is 5.73 Å². The van der Waals surface area contributed by atoms with E-state index in [1.54, 1.807) is 6.07 Å². The van der Waals surface area contributed by atoms with Gasteiger partial charge in [-0.2, -0.15) is 5.26 Å². The van der Waals surface area contributed by atoms with Gasteiger partial charge >= 0.3 is 0 Å². The minimum Gasteiger partial charge on any atom is -0.350 e. The van der Waals surface area contributed by atoms with E-state index < -0.39 is 0 Å². The van der Waals surface area contributed by atoms with Crippen molar-refractivity contribution in [2.24, 2.45) is 5.73 Å². The third kappa shape index (κ3) is 2.76. The summed E-state index contributed by atoms with van der Waals surface area (Å²) in [6.45, 7) is 2.44. The molecule has 1 aromatic heterocycles. The predicted molar refractivity (Wildman–Crippen MR) is 67.3 cm³/mol. The maximum absolute atomic E-state index is 13.3. The maximum atomic E-state index is 13.3. The van der Waals surface area contributed by atoms with Gasteiger partial charge in [0.2, 0.25) is 0 Å². The number of hydrogen-bond donors (Lipinski definition) is 1. The average Bonchev–Trinajstić information content (AvgIpc) is 2.76. The molecule has 0 aliphatic carbocycles. The summed E-state index contributed by atoms with van der Waals surface area (Å²) in [7, 11) is 0. The van der Waals surface area contributed by atoms with Crippen molar-refractivity contribution in [2.75, 3.05) is 0 Å². The quantitative estimate of drug-likeness (QED) is 0.900. The van der Waals surface area contributed by atoms with E-state index in [-0.39, 0.29) is 11.9 Å². The van der Waals surface area contributed by atoms with E-state index in [9.17, 15) is 4.39 Å². The molecule has 0 saturated carbocycles. The summed E-state index contributed by atoms with van der Waals surface area (Å²) in [5, 5.41) is 8.79. The molecule has 0 fully saturated rings. The lowest BCUT2D eigenvalue weighted by molar-refractivity contribution is 0.623. The highest BCUT2D eigenvalue weighted by molar-refractivity contribution is 5.34.